The Morgan fingerprint density at radius 1 is 1.39 bits per heavy atom. The summed E-state index contributed by atoms with van der Waals surface area (Å²) < 4.78 is 13.7. The highest BCUT2D eigenvalue weighted by Gasteiger charge is 2.37. The van der Waals surface area contributed by atoms with Crippen molar-refractivity contribution < 1.29 is 9.50 Å². The third-order valence-corrected chi connectivity index (χ3v) is 3.89. The van der Waals surface area contributed by atoms with Gasteiger partial charge in [0.1, 0.15) is 5.82 Å². The van der Waals surface area contributed by atoms with Crippen LogP contribution in [0.15, 0.2) is 18.5 Å². The maximum atomic E-state index is 13.7. The van der Waals surface area contributed by atoms with Crippen LogP contribution >= 0.6 is 0 Å². The van der Waals surface area contributed by atoms with E-state index in [9.17, 15) is 9.50 Å². The second-order valence-electron chi connectivity index (χ2n) is 4.68. The van der Waals surface area contributed by atoms with Crippen LogP contribution in [0.3, 0.4) is 0 Å². The summed E-state index contributed by atoms with van der Waals surface area (Å²) in [5.41, 5.74) is -0.146. The van der Waals surface area contributed by atoms with Gasteiger partial charge in [-0.25, -0.2) is 4.39 Å². The van der Waals surface area contributed by atoms with E-state index in [0.717, 1.165) is 25.7 Å². The fraction of sp³-hybridized carbons (Fsp3) is 0.643. The van der Waals surface area contributed by atoms with E-state index in [1.165, 1.54) is 6.20 Å². The zero-order valence-electron chi connectivity index (χ0n) is 11.7. The number of aliphatic hydroxyl groups excluding tert-OH is 1. The molecular formula is C14H23FN2O. The highest BCUT2D eigenvalue weighted by Crippen LogP contribution is 2.34. The molecule has 102 valence electrons. The fourth-order valence-corrected chi connectivity index (χ4v) is 2.48. The molecular weight excluding hydrogens is 231 g/mol. The SMILES string of the molecule is CCN(CC)C(C)(CC)C(O)c1ccncc1F. The molecule has 0 amide bonds. The first-order chi connectivity index (χ1) is 8.51. The lowest BCUT2D eigenvalue weighted by Gasteiger charge is -2.43. The summed E-state index contributed by atoms with van der Waals surface area (Å²) in [6, 6.07) is 1.55. The van der Waals surface area contributed by atoms with Crippen LogP contribution in [0, 0.1) is 5.82 Å². The molecule has 1 rings (SSSR count). The molecule has 18 heavy (non-hydrogen) atoms. The Morgan fingerprint density at radius 2 is 2.00 bits per heavy atom. The number of aliphatic hydroxyl groups is 1. The van der Waals surface area contributed by atoms with Crippen molar-refractivity contribution >= 4 is 0 Å². The van der Waals surface area contributed by atoms with Crippen LogP contribution in [0.4, 0.5) is 4.39 Å². The monoisotopic (exact) mass is 254 g/mol. The van der Waals surface area contributed by atoms with E-state index in [1.54, 1.807) is 6.07 Å². The topological polar surface area (TPSA) is 36.4 Å². The molecule has 0 spiro atoms. The molecule has 1 aromatic heterocycles. The molecule has 0 radical (unpaired) electrons. The van der Waals surface area contributed by atoms with E-state index in [2.05, 4.69) is 9.88 Å². The Hall–Kier alpha value is -1.00. The number of rotatable bonds is 6. The van der Waals surface area contributed by atoms with Crippen molar-refractivity contribution in [1.29, 1.82) is 0 Å². The number of hydrogen-bond donors (Lipinski definition) is 1. The minimum atomic E-state index is -0.856. The molecule has 0 saturated heterocycles. The summed E-state index contributed by atoms with van der Waals surface area (Å²) in [4.78, 5) is 5.88. The van der Waals surface area contributed by atoms with E-state index in [1.807, 2.05) is 27.7 Å². The highest BCUT2D eigenvalue weighted by molar-refractivity contribution is 5.20. The molecule has 3 nitrogen and oxygen atoms in total. The quantitative estimate of drug-likeness (QED) is 0.848. The lowest BCUT2D eigenvalue weighted by molar-refractivity contribution is -0.0231. The molecule has 4 heteroatoms. The maximum Gasteiger partial charge on any atom is 0.147 e. The standard InChI is InChI=1S/C14H23FN2O/c1-5-14(4,17(6-2)7-3)13(18)11-8-9-16-10-12(11)15/h8-10,13,18H,5-7H2,1-4H3. The predicted octanol–water partition coefficient (Wildman–Crippen LogP) is 2.76. The Kier molecular flexibility index (Phi) is 5.23. The molecule has 1 N–H and O–H groups in total. The van der Waals surface area contributed by atoms with Crippen molar-refractivity contribution in [3.63, 3.8) is 0 Å². The van der Waals surface area contributed by atoms with Crippen molar-refractivity contribution in [2.75, 3.05) is 13.1 Å². The summed E-state index contributed by atoms with van der Waals surface area (Å²) in [6.45, 7) is 9.74. The van der Waals surface area contributed by atoms with Gasteiger partial charge in [0.25, 0.3) is 0 Å². The molecule has 1 heterocycles. The molecule has 0 fully saturated rings. The van der Waals surface area contributed by atoms with E-state index in [4.69, 9.17) is 0 Å². The first-order valence-electron chi connectivity index (χ1n) is 6.53. The summed E-state index contributed by atoms with van der Waals surface area (Å²) in [7, 11) is 0. The number of pyridine rings is 1. The zero-order valence-corrected chi connectivity index (χ0v) is 11.7. The van der Waals surface area contributed by atoms with Gasteiger partial charge in [-0.15, -0.1) is 0 Å². The zero-order chi connectivity index (χ0) is 13.8. The summed E-state index contributed by atoms with van der Waals surface area (Å²) >= 11 is 0. The number of halogens is 1. The Morgan fingerprint density at radius 3 is 2.44 bits per heavy atom. The number of likely N-dealkylation sites (N-methyl/N-ethyl adjacent to an activating group) is 1. The Bertz CT molecular complexity index is 382. The van der Waals surface area contributed by atoms with Crippen molar-refractivity contribution in [3.05, 3.63) is 29.8 Å². The predicted molar refractivity (Wildman–Crippen MR) is 70.8 cm³/mol. The average molecular weight is 254 g/mol. The second-order valence-corrected chi connectivity index (χ2v) is 4.68. The Balaban J connectivity index is 3.12. The summed E-state index contributed by atoms with van der Waals surface area (Å²) in [5, 5.41) is 10.5. The van der Waals surface area contributed by atoms with Crippen LogP contribution < -0.4 is 0 Å². The highest BCUT2D eigenvalue weighted by atomic mass is 19.1. The lowest BCUT2D eigenvalue weighted by atomic mass is 9.85. The summed E-state index contributed by atoms with van der Waals surface area (Å²) in [5.74, 6) is -0.447. The fourth-order valence-electron chi connectivity index (χ4n) is 2.48. The maximum absolute atomic E-state index is 13.7. The van der Waals surface area contributed by atoms with E-state index < -0.39 is 17.5 Å². The van der Waals surface area contributed by atoms with Gasteiger partial charge in [0.2, 0.25) is 0 Å². The van der Waals surface area contributed by atoms with Crippen LogP contribution in [0.5, 0.6) is 0 Å². The van der Waals surface area contributed by atoms with E-state index in [0.29, 0.717) is 5.56 Å². The third-order valence-electron chi connectivity index (χ3n) is 3.89. The van der Waals surface area contributed by atoms with Gasteiger partial charge in [-0.2, -0.15) is 0 Å². The number of nitrogens with zero attached hydrogens (tertiary/aromatic N) is 2. The minimum Gasteiger partial charge on any atom is -0.386 e. The molecule has 0 saturated carbocycles. The van der Waals surface area contributed by atoms with Gasteiger partial charge in [-0.3, -0.25) is 9.88 Å². The van der Waals surface area contributed by atoms with Crippen LogP contribution in [-0.4, -0.2) is 33.6 Å². The molecule has 0 aromatic carbocycles. The second kappa shape index (κ2) is 6.25. The average Bonchev–Trinajstić information content (AvgIpc) is 2.39. The van der Waals surface area contributed by atoms with Gasteiger partial charge in [0.15, 0.2) is 0 Å². The van der Waals surface area contributed by atoms with Crippen LogP contribution in [-0.2, 0) is 0 Å². The van der Waals surface area contributed by atoms with Gasteiger partial charge in [0.05, 0.1) is 12.3 Å². The van der Waals surface area contributed by atoms with Crippen molar-refractivity contribution in [2.45, 2.75) is 45.8 Å². The van der Waals surface area contributed by atoms with E-state index >= 15 is 0 Å². The van der Waals surface area contributed by atoms with Gasteiger partial charge < -0.3 is 5.11 Å². The third kappa shape index (κ3) is 2.70. The van der Waals surface area contributed by atoms with Crippen molar-refractivity contribution in [1.82, 2.24) is 9.88 Å². The van der Waals surface area contributed by atoms with Gasteiger partial charge in [-0.05, 0) is 32.5 Å². The van der Waals surface area contributed by atoms with Crippen molar-refractivity contribution in [2.24, 2.45) is 0 Å². The van der Waals surface area contributed by atoms with Crippen LogP contribution in [0.1, 0.15) is 45.8 Å². The van der Waals surface area contributed by atoms with Crippen LogP contribution in [0.25, 0.3) is 0 Å². The first-order valence-corrected chi connectivity index (χ1v) is 6.53. The van der Waals surface area contributed by atoms with Gasteiger partial charge in [-0.1, -0.05) is 20.8 Å². The largest absolute Gasteiger partial charge is 0.386 e. The lowest BCUT2D eigenvalue weighted by Crippen LogP contribution is -2.50. The number of aromatic nitrogens is 1. The molecule has 0 aliphatic rings. The van der Waals surface area contributed by atoms with Gasteiger partial charge >= 0.3 is 0 Å². The molecule has 0 aliphatic carbocycles. The normalized spacial score (nSPS) is 16.6. The number of hydrogen-bond acceptors (Lipinski definition) is 3. The molecule has 1 aromatic rings. The molecule has 2 unspecified atom stereocenters. The molecule has 0 bridgehead atoms. The van der Waals surface area contributed by atoms with E-state index in [-0.39, 0.29) is 0 Å². The summed E-state index contributed by atoms with van der Waals surface area (Å²) in [6.07, 6.45) is 2.56. The van der Waals surface area contributed by atoms with Crippen molar-refractivity contribution in [3.8, 4) is 0 Å². The Labute approximate surface area is 109 Å². The smallest absolute Gasteiger partial charge is 0.147 e. The first kappa shape index (κ1) is 15.1. The van der Waals surface area contributed by atoms with Crippen LogP contribution in [0.2, 0.25) is 0 Å². The minimum absolute atomic E-state index is 0.321. The molecule has 2 atom stereocenters. The van der Waals surface area contributed by atoms with Gasteiger partial charge in [0, 0.05) is 17.3 Å². The molecule has 0 aliphatic heterocycles.